The first-order chi connectivity index (χ1) is 12.2. The first kappa shape index (κ1) is 16.8. The van der Waals surface area contributed by atoms with Gasteiger partial charge in [-0.15, -0.1) is 0 Å². The Morgan fingerprint density at radius 2 is 1.64 bits per heavy atom. The van der Waals surface area contributed by atoms with Crippen LogP contribution in [0.4, 0.5) is 0 Å². The zero-order valence-corrected chi connectivity index (χ0v) is 15.5. The van der Waals surface area contributed by atoms with E-state index in [4.69, 9.17) is 0 Å². The number of nitrogens with one attached hydrogen (secondary N) is 1. The van der Waals surface area contributed by atoms with Gasteiger partial charge >= 0.3 is 0 Å². The van der Waals surface area contributed by atoms with Crippen LogP contribution in [-0.2, 0) is 11.8 Å². The maximum absolute atomic E-state index is 3.95. The molecule has 4 rings (SSSR count). The van der Waals surface area contributed by atoms with Crippen LogP contribution in [0, 0.1) is 0 Å². The van der Waals surface area contributed by atoms with Crippen LogP contribution in [0.15, 0.2) is 54.6 Å². The highest BCUT2D eigenvalue weighted by atomic mass is 15.2. The molecule has 0 spiro atoms. The topological polar surface area (TPSA) is 15.3 Å². The summed E-state index contributed by atoms with van der Waals surface area (Å²) in [6, 6.07) is 20.9. The minimum absolute atomic E-state index is 0.167. The summed E-state index contributed by atoms with van der Waals surface area (Å²) in [7, 11) is 0. The smallest absolute Gasteiger partial charge is 0.0512 e. The molecule has 2 nitrogen and oxygen atoms in total. The van der Waals surface area contributed by atoms with E-state index in [1.807, 2.05) is 0 Å². The molecule has 2 aliphatic rings. The second-order valence-corrected chi connectivity index (χ2v) is 8.16. The highest BCUT2D eigenvalue weighted by molar-refractivity contribution is 5.44. The molecule has 1 saturated heterocycles. The van der Waals surface area contributed by atoms with Crippen LogP contribution in [0.2, 0.25) is 0 Å². The predicted octanol–water partition coefficient (Wildman–Crippen LogP) is 4.32. The molecule has 1 N–H and O–H groups in total. The van der Waals surface area contributed by atoms with E-state index in [2.05, 4.69) is 78.7 Å². The zero-order chi connectivity index (χ0) is 17.3. The number of benzene rings is 2. The molecule has 2 aromatic rings. The molecule has 0 amide bonds. The van der Waals surface area contributed by atoms with Crippen LogP contribution < -0.4 is 5.32 Å². The quantitative estimate of drug-likeness (QED) is 0.876. The van der Waals surface area contributed by atoms with Crippen LogP contribution in [0.5, 0.6) is 0 Å². The van der Waals surface area contributed by atoms with E-state index < -0.39 is 0 Å². The molecular weight excluding hydrogens is 304 g/mol. The summed E-state index contributed by atoms with van der Waals surface area (Å²) in [4.78, 5) is 2.72. The predicted molar refractivity (Wildman–Crippen MR) is 105 cm³/mol. The summed E-state index contributed by atoms with van der Waals surface area (Å²) in [5, 5.41) is 3.95. The molecule has 0 radical (unpaired) electrons. The lowest BCUT2D eigenvalue weighted by molar-refractivity contribution is 0.172. The average Bonchev–Trinajstić information content (AvgIpc) is 3.22. The monoisotopic (exact) mass is 334 g/mol. The minimum atomic E-state index is 0.167. The molecule has 1 aliphatic heterocycles. The van der Waals surface area contributed by atoms with Gasteiger partial charge in [-0.2, -0.15) is 0 Å². The summed E-state index contributed by atoms with van der Waals surface area (Å²) in [5.74, 6) is 0. The molecule has 0 aromatic heterocycles. The van der Waals surface area contributed by atoms with Crippen molar-refractivity contribution in [3.8, 4) is 0 Å². The average molecular weight is 335 g/mol. The third-order valence-electron chi connectivity index (χ3n) is 6.22. The van der Waals surface area contributed by atoms with Crippen LogP contribution in [0.1, 0.15) is 49.4 Å². The van der Waals surface area contributed by atoms with Crippen molar-refractivity contribution in [2.24, 2.45) is 0 Å². The van der Waals surface area contributed by atoms with E-state index in [-0.39, 0.29) is 5.41 Å². The number of hydrogen-bond donors (Lipinski definition) is 1. The van der Waals surface area contributed by atoms with Crippen molar-refractivity contribution in [3.05, 3.63) is 71.3 Å². The number of fused-ring (bicyclic) bond motifs is 1. The molecule has 1 heterocycles. The molecule has 2 aromatic carbocycles. The van der Waals surface area contributed by atoms with Gasteiger partial charge in [0.2, 0.25) is 0 Å². The lowest BCUT2D eigenvalue weighted by Crippen LogP contribution is -2.49. The fourth-order valence-electron chi connectivity index (χ4n) is 4.89. The van der Waals surface area contributed by atoms with Gasteiger partial charge in [-0.25, -0.2) is 0 Å². The third kappa shape index (κ3) is 3.14. The van der Waals surface area contributed by atoms with Crippen molar-refractivity contribution in [1.82, 2.24) is 10.2 Å². The standard InChI is InChI=1S/C23H30N2/c1-23(2)20-13-7-6-12-19(20)21(25-16-8-9-17-25)22(23)24-15-14-18-10-4-3-5-11-18/h3-7,10-13,21-22,24H,8-9,14-17H2,1-2H3. The van der Waals surface area contributed by atoms with Crippen molar-refractivity contribution in [2.45, 2.75) is 50.6 Å². The number of likely N-dealkylation sites (tertiary alicyclic amines) is 1. The van der Waals surface area contributed by atoms with Gasteiger partial charge in [0.15, 0.2) is 0 Å². The summed E-state index contributed by atoms with van der Waals surface area (Å²) in [6.07, 6.45) is 3.78. The van der Waals surface area contributed by atoms with Gasteiger partial charge < -0.3 is 5.32 Å². The van der Waals surface area contributed by atoms with Gasteiger partial charge in [0.1, 0.15) is 0 Å². The van der Waals surface area contributed by atoms with E-state index in [0.717, 1.165) is 13.0 Å². The maximum atomic E-state index is 3.95. The van der Waals surface area contributed by atoms with Crippen LogP contribution >= 0.6 is 0 Å². The van der Waals surface area contributed by atoms with Crippen LogP contribution in [0.25, 0.3) is 0 Å². The van der Waals surface area contributed by atoms with Crippen molar-refractivity contribution in [2.75, 3.05) is 19.6 Å². The number of nitrogens with zero attached hydrogens (tertiary/aromatic N) is 1. The Morgan fingerprint density at radius 1 is 0.960 bits per heavy atom. The molecular formula is C23H30N2. The molecule has 0 bridgehead atoms. The highest BCUT2D eigenvalue weighted by Gasteiger charge is 2.48. The Morgan fingerprint density at radius 3 is 2.40 bits per heavy atom. The van der Waals surface area contributed by atoms with Gasteiger partial charge in [-0.1, -0.05) is 68.4 Å². The molecule has 2 atom stereocenters. The zero-order valence-electron chi connectivity index (χ0n) is 15.5. The maximum Gasteiger partial charge on any atom is 0.0512 e. The van der Waals surface area contributed by atoms with E-state index in [1.54, 1.807) is 5.56 Å². The summed E-state index contributed by atoms with van der Waals surface area (Å²) in [5.41, 5.74) is 4.66. The first-order valence-electron chi connectivity index (χ1n) is 9.79. The molecule has 2 unspecified atom stereocenters. The van der Waals surface area contributed by atoms with E-state index >= 15 is 0 Å². The molecule has 1 aliphatic carbocycles. The fourth-order valence-corrected chi connectivity index (χ4v) is 4.89. The SMILES string of the molecule is CC1(C)c2ccccc2C(N2CCCC2)C1NCCc1ccccc1. The molecule has 0 saturated carbocycles. The van der Waals surface area contributed by atoms with Crippen LogP contribution in [0.3, 0.4) is 0 Å². The largest absolute Gasteiger partial charge is 0.311 e. The van der Waals surface area contributed by atoms with E-state index in [9.17, 15) is 0 Å². The van der Waals surface area contributed by atoms with E-state index in [1.165, 1.54) is 37.1 Å². The van der Waals surface area contributed by atoms with Crippen molar-refractivity contribution < 1.29 is 0 Å². The van der Waals surface area contributed by atoms with Crippen molar-refractivity contribution >= 4 is 0 Å². The van der Waals surface area contributed by atoms with Gasteiger partial charge in [-0.3, -0.25) is 4.90 Å². The normalized spacial score (nSPS) is 25.2. The van der Waals surface area contributed by atoms with Crippen molar-refractivity contribution in [3.63, 3.8) is 0 Å². The van der Waals surface area contributed by atoms with Gasteiger partial charge in [-0.05, 0) is 55.6 Å². The Labute approximate surface area is 152 Å². The summed E-state index contributed by atoms with van der Waals surface area (Å²) in [6.45, 7) is 8.36. The fraction of sp³-hybridized carbons (Fsp3) is 0.478. The Hall–Kier alpha value is -1.64. The second-order valence-electron chi connectivity index (χ2n) is 8.16. The van der Waals surface area contributed by atoms with Gasteiger partial charge in [0.05, 0.1) is 6.04 Å². The lowest BCUT2D eigenvalue weighted by atomic mass is 9.82. The Bertz CT molecular complexity index is 701. The second kappa shape index (κ2) is 6.93. The first-order valence-corrected chi connectivity index (χ1v) is 9.79. The van der Waals surface area contributed by atoms with Crippen molar-refractivity contribution in [1.29, 1.82) is 0 Å². The third-order valence-corrected chi connectivity index (χ3v) is 6.22. The molecule has 132 valence electrons. The summed E-state index contributed by atoms with van der Waals surface area (Å²) >= 11 is 0. The van der Waals surface area contributed by atoms with Gasteiger partial charge in [0, 0.05) is 11.5 Å². The lowest BCUT2D eigenvalue weighted by Gasteiger charge is -2.36. The number of hydrogen-bond acceptors (Lipinski definition) is 2. The van der Waals surface area contributed by atoms with Gasteiger partial charge in [0.25, 0.3) is 0 Å². The van der Waals surface area contributed by atoms with E-state index in [0.29, 0.717) is 12.1 Å². The summed E-state index contributed by atoms with van der Waals surface area (Å²) < 4.78 is 0. The molecule has 25 heavy (non-hydrogen) atoms. The Balaban J connectivity index is 1.55. The van der Waals surface area contributed by atoms with Crippen LogP contribution in [-0.4, -0.2) is 30.6 Å². The minimum Gasteiger partial charge on any atom is -0.311 e. The Kier molecular flexibility index (Phi) is 4.66. The highest BCUT2D eigenvalue weighted by Crippen LogP contribution is 2.48. The molecule has 1 fully saturated rings. The number of rotatable bonds is 5. The molecule has 2 heteroatoms.